The lowest BCUT2D eigenvalue weighted by Gasteiger charge is -2.43. The fourth-order valence-corrected chi connectivity index (χ4v) is 6.28. The molecule has 31 heavy (non-hydrogen) atoms. The van der Waals surface area contributed by atoms with Crippen molar-refractivity contribution in [3.8, 4) is 0 Å². The molecule has 166 valence electrons. The number of piperazine rings is 1. The van der Waals surface area contributed by atoms with Crippen LogP contribution in [0.5, 0.6) is 0 Å². The highest BCUT2D eigenvalue weighted by molar-refractivity contribution is 7.86. The number of aromatic nitrogens is 4. The predicted molar refractivity (Wildman–Crippen MR) is 116 cm³/mol. The third-order valence-electron chi connectivity index (χ3n) is 6.58. The SMILES string of the molecule is Cc1noc(C)c1CCN(C)S(=O)(=O)N1CCN(c2ncnc3[nH]ccc23)CC12CC2. The average Bonchev–Trinajstić information content (AvgIpc) is 3.19. The number of nitrogens with one attached hydrogen (secondary N) is 1. The van der Waals surface area contributed by atoms with Gasteiger partial charge in [-0.2, -0.15) is 17.0 Å². The third-order valence-corrected chi connectivity index (χ3v) is 8.67. The minimum atomic E-state index is -3.57. The second-order valence-electron chi connectivity index (χ2n) is 8.54. The van der Waals surface area contributed by atoms with Crippen LogP contribution >= 0.6 is 0 Å². The van der Waals surface area contributed by atoms with Gasteiger partial charge in [0.1, 0.15) is 23.6 Å². The topological polar surface area (TPSA) is 111 Å². The maximum Gasteiger partial charge on any atom is 0.282 e. The lowest BCUT2D eigenvalue weighted by atomic mass is 10.1. The summed E-state index contributed by atoms with van der Waals surface area (Å²) >= 11 is 0. The summed E-state index contributed by atoms with van der Waals surface area (Å²) in [5.74, 6) is 1.61. The van der Waals surface area contributed by atoms with Crippen LogP contribution in [0.15, 0.2) is 23.1 Å². The van der Waals surface area contributed by atoms with Crippen molar-refractivity contribution in [3.63, 3.8) is 0 Å². The van der Waals surface area contributed by atoms with Gasteiger partial charge in [0.15, 0.2) is 0 Å². The first kappa shape index (κ1) is 20.4. The van der Waals surface area contributed by atoms with Crippen LogP contribution in [0.4, 0.5) is 5.82 Å². The van der Waals surface area contributed by atoms with E-state index in [1.807, 2.05) is 26.1 Å². The Morgan fingerprint density at radius 3 is 2.77 bits per heavy atom. The van der Waals surface area contributed by atoms with Gasteiger partial charge in [-0.3, -0.25) is 0 Å². The Morgan fingerprint density at radius 1 is 1.26 bits per heavy atom. The highest BCUT2D eigenvalue weighted by Crippen LogP contribution is 2.47. The first-order chi connectivity index (χ1) is 14.8. The monoisotopic (exact) mass is 445 g/mol. The number of hydrogen-bond donors (Lipinski definition) is 1. The lowest BCUT2D eigenvalue weighted by molar-refractivity contribution is 0.251. The Kier molecular flexibility index (Phi) is 4.79. The molecule has 0 aromatic carbocycles. The first-order valence-electron chi connectivity index (χ1n) is 10.5. The molecule has 0 bridgehead atoms. The summed E-state index contributed by atoms with van der Waals surface area (Å²) in [6, 6.07) is 1.97. The summed E-state index contributed by atoms with van der Waals surface area (Å²) in [6.45, 7) is 5.80. The number of hydrogen-bond acceptors (Lipinski definition) is 7. The standard InChI is InChI=1S/C20H27N7O3S/c1-14-16(15(2)30-24-14)5-9-25(3)31(28,29)27-11-10-26(12-20(27)6-7-20)19-17-4-8-21-18(17)22-13-23-19/h4,8,13H,5-7,9-12H2,1-3H3,(H,21,22,23). The molecule has 1 spiro atoms. The van der Waals surface area contributed by atoms with E-state index in [1.54, 1.807) is 17.7 Å². The first-order valence-corrected chi connectivity index (χ1v) is 11.9. The minimum Gasteiger partial charge on any atom is -0.361 e. The minimum absolute atomic E-state index is 0.359. The molecule has 0 radical (unpaired) electrons. The van der Waals surface area contributed by atoms with Crippen molar-refractivity contribution < 1.29 is 12.9 Å². The van der Waals surface area contributed by atoms with E-state index in [9.17, 15) is 8.42 Å². The van der Waals surface area contributed by atoms with E-state index < -0.39 is 10.2 Å². The maximum absolute atomic E-state index is 13.4. The molecule has 2 aliphatic rings. The molecule has 0 unspecified atom stereocenters. The second kappa shape index (κ2) is 7.28. The molecule has 1 saturated carbocycles. The van der Waals surface area contributed by atoms with Crippen LogP contribution in [0.1, 0.15) is 29.9 Å². The van der Waals surface area contributed by atoms with E-state index in [4.69, 9.17) is 4.52 Å². The molecule has 1 N–H and O–H groups in total. The predicted octanol–water partition coefficient (Wildman–Crippen LogP) is 1.64. The molecule has 3 aromatic rings. The second-order valence-corrected chi connectivity index (χ2v) is 10.5. The van der Waals surface area contributed by atoms with E-state index in [0.29, 0.717) is 32.6 Å². The molecule has 0 amide bonds. The highest BCUT2D eigenvalue weighted by Gasteiger charge is 2.56. The molecule has 2 fully saturated rings. The smallest absolute Gasteiger partial charge is 0.282 e. The van der Waals surface area contributed by atoms with Crippen molar-refractivity contribution in [1.82, 2.24) is 28.7 Å². The average molecular weight is 446 g/mol. The van der Waals surface area contributed by atoms with Crippen molar-refractivity contribution in [3.05, 3.63) is 35.6 Å². The largest absolute Gasteiger partial charge is 0.361 e. The lowest BCUT2D eigenvalue weighted by Crippen LogP contribution is -2.59. The van der Waals surface area contributed by atoms with E-state index in [0.717, 1.165) is 46.7 Å². The summed E-state index contributed by atoms with van der Waals surface area (Å²) in [7, 11) is -1.92. The van der Waals surface area contributed by atoms with Crippen LogP contribution in [0, 0.1) is 13.8 Å². The Morgan fingerprint density at radius 2 is 2.06 bits per heavy atom. The number of rotatable bonds is 6. The van der Waals surface area contributed by atoms with Gasteiger partial charge in [0.05, 0.1) is 16.6 Å². The molecule has 5 rings (SSSR count). The summed E-state index contributed by atoms with van der Waals surface area (Å²) in [4.78, 5) is 14.1. The van der Waals surface area contributed by atoms with Crippen molar-refractivity contribution in [2.75, 3.05) is 38.1 Å². The highest BCUT2D eigenvalue weighted by atomic mass is 32.2. The molecular weight excluding hydrogens is 418 g/mol. The van der Waals surface area contributed by atoms with Gasteiger partial charge in [-0.25, -0.2) is 9.97 Å². The van der Waals surface area contributed by atoms with Gasteiger partial charge in [0.2, 0.25) is 0 Å². The molecule has 3 aromatic heterocycles. The Bertz CT molecular complexity index is 1200. The van der Waals surface area contributed by atoms with Gasteiger partial charge in [-0.15, -0.1) is 0 Å². The van der Waals surface area contributed by atoms with Gasteiger partial charge < -0.3 is 14.4 Å². The molecule has 11 heteroatoms. The van der Waals surface area contributed by atoms with Crippen LogP contribution in [-0.4, -0.2) is 75.9 Å². The molecule has 0 atom stereocenters. The maximum atomic E-state index is 13.4. The van der Waals surface area contributed by atoms with E-state index in [-0.39, 0.29) is 5.54 Å². The molecule has 1 aliphatic heterocycles. The zero-order valence-corrected chi connectivity index (χ0v) is 18.8. The third kappa shape index (κ3) is 3.40. The summed E-state index contributed by atoms with van der Waals surface area (Å²) in [6.07, 6.45) is 5.71. The number of aryl methyl sites for hydroxylation is 2. The van der Waals surface area contributed by atoms with Gasteiger partial charge in [0, 0.05) is 45.0 Å². The number of anilines is 1. The summed E-state index contributed by atoms with van der Waals surface area (Å²) < 4.78 is 35.3. The van der Waals surface area contributed by atoms with Gasteiger partial charge >= 0.3 is 0 Å². The number of likely N-dealkylation sites (N-methyl/N-ethyl adjacent to an activating group) is 1. The van der Waals surface area contributed by atoms with Gasteiger partial charge in [0.25, 0.3) is 10.2 Å². The van der Waals surface area contributed by atoms with Crippen LogP contribution < -0.4 is 4.90 Å². The van der Waals surface area contributed by atoms with Crippen LogP contribution in [0.3, 0.4) is 0 Å². The van der Waals surface area contributed by atoms with E-state index >= 15 is 0 Å². The zero-order chi connectivity index (χ0) is 21.8. The molecule has 4 heterocycles. The number of nitrogens with zero attached hydrogens (tertiary/aromatic N) is 6. The van der Waals surface area contributed by atoms with Crippen molar-refractivity contribution >= 4 is 27.1 Å². The van der Waals surface area contributed by atoms with Crippen LogP contribution in [0.25, 0.3) is 11.0 Å². The molecule has 1 aliphatic carbocycles. The quantitative estimate of drug-likeness (QED) is 0.614. The summed E-state index contributed by atoms with van der Waals surface area (Å²) in [5, 5.41) is 4.93. The normalized spacial score (nSPS) is 19.0. The number of aromatic amines is 1. The molecular formula is C20H27N7O3S. The van der Waals surface area contributed by atoms with Gasteiger partial charge in [-0.1, -0.05) is 5.16 Å². The zero-order valence-electron chi connectivity index (χ0n) is 18.0. The van der Waals surface area contributed by atoms with Gasteiger partial charge in [-0.05, 0) is 39.2 Å². The molecule has 10 nitrogen and oxygen atoms in total. The van der Waals surface area contributed by atoms with Crippen molar-refractivity contribution in [2.45, 2.75) is 38.6 Å². The fourth-order valence-electron chi connectivity index (χ4n) is 4.58. The number of H-pyrrole nitrogens is 1. The van der Waals surface area contributed by atoms with E-state index in [2.05, 4.69) is 25.0 Å². The number of fused-ring (bicyclic) bond motifs is 1. The van der Waals surface area contributed by atoms with Crippen molar-refractivity contribution in [1.29, 1.82) is 0 Å². The van der Waals surface area contributed by atoms with Crippen LogP contribution in [-0.2, 0) is 16.6 Å². The Hall–Kier alpha value is -2.50. The summed E-state index contributed by atoms with van der Waals surface area (Å²) in [5.41, 5.74) is 2.23. The van der Waals surface area contributed by atoms with Crippen LogP contribution in [0.2, 0.25) is 0 Å². The van der Waals surface area contributed by atoms with E-state index in [1.165, 1.54) is 4.31 Å². The Labute approximate surface area is 181 Å². The molecule has 1 saturated heterocycles. The van der Waals surface area contributed by atoms with Crippen molar-refractivity contribution in [2.24, 2.45) is 0 Å². The Balaban J connectivity index is 1.32. The fraction of sp³-hybridized carbons (Fsp3) is 0.550.